The van der Waals surface area contributed by atoms with Gasteiger partial charge in [0.15, 0.2) is 5.65 Å². The first-order valence-electron chi connectivity index (χ1n) is 7.76. The van der Waals surface area contributed by atoms with Crippen molar-refractivity contribution in [2.24, 2.45) is 0 Å². The molecule has 1 aromatic carbocycles. The highest BCUT2D eigenvalue weighted by Crippen LogP contribution is 2.22. The average molecular weight is 325 g/mol. The van der Waals surface area contributed by atoms with Gasteiger partial charge in [-0.15, -0.1) is 0 Å². The van der Waals surface area contributed by atoms with Gasteiger partial charge in [0, 0.05) is 30.1 Å². The van der Waals surface area contributed by atoms with Gasteiger partial charge >= 0.3 is 0 Å². The third-order valence-corrected chi connectivity index (χ3v) is 4.00. The highest BCUT2D eigenvalue weighted by molar-refractivity contribution is 5.92. The van der Waals surface area contributed by atoms with Crippen molar-refractivity contribution in [2.75, 3.05) is 0 Å². The van der Waals surface area contributed by atoms with E-state index in [2.05, 4.69) is 20.9 Å². The summed E-state index contributed by atoms with van der Waals surface area (Å²) >= 11 is 0. The normalized spacial score (nSPS) is 11.0. The van der Waals surface area contributed by atoms with E-state index in [9.17, 15) is 9.59 Å². The molecule has 2 aromatic heterocycles. The number of benzene rings is 1. The maximum Gasteiger partial charge on any atom is 0.238 e. The number of aromatic nitrogens is 3. The molecule has 0 fully saturated rings. The van der Waals surface area contributed by atoms with Crippen LogP contribution in [0.2, 0.25) is 0 Å². The Hall–Kier alpha value is -2.96. The smallest absolute Gasteiger partial charge is 0.238 e. The fraction of sp³-hybridized carbons (Fsp3) is 0.294. The van der Waals surface area contributed by atoms with E-state index < -0.39 is 0 Å². The second kappa shape index (κ2) is 6.27. The molecule has 0 saturated heterocycles. The first kappa shape index (κ1) is 15.9. The Morgan fingerprint density at radius 1 is 1.17 bits per heavy atom. The molecule has 0 saturated carbocycles. The maximum atomic E-state index is 11.8. The Labute approximate surface area is 139 Å². The standard InChI is InChI=1S/C17H19N5O2/c1-10-13(8-9-16(24)20-19-12(3)23)11(2)22-17(18-10)14-6-4-5-7-15(14)21-22/h4-7H,8-9H2,1-3H3,(H,19,23)(H,20,24). The van der Waals surface area contributed by atoms with Crippen LogP contribution in [-0.4, -0.2) is 26.4 Å². The fourth-order valence-corrected chi connectivity index (χ4v) is 2.80. The molecule has 2 N–H and O–H groups in total. The summed E-state index contributed by atoms with van der Waals surface area (Å²) < 4.78 is 1.83. The van der Waals surface area contributed by atoms with Crippen LogP contribution in [0.1, 0.15) is 30.3 Å². The summed E-state index contributed by atoms with van der Waals surface area (Å²) in [7, 11) is 0. The van der Waals surface area contributed by atoms with Crippen molar-refractivity contribution in [3.63, 3.8) is 0 Å². The molecule has 0 radical (unpaired) electrons. The number of aryl methyl sites for hydroxylation is 2. The molecule has 2 amide bonds. The number of hydrogen-bond donors (Lipinski definition) is 2. The fourth-order valence-electron chi connectivity index (χ4n) is 2.80. The van der Waals surface area contributed by atoms with Crippen LogP contribution in [0.3, 0.4) is 0 Å². The van der Waals surface area contributed by atoms with E-state index in [-0.39, 0.29) is 18.2 Å². The third kappa shape index (κ3) is 2.92. The molecule has 24 heavy (non-hydrogen) atoms. The molecule has 0 bridgehead atoms. The highest BCUT2D eigenvalue weighted by atomic mass is 16.2. The first-order valence-corrected chi connectivity index (χ1v) is 7.76. The molecule has 0 aliphatic carbocycles. The lowest BCUT2D eigenvalue weighted by Gasteiger charge is -2.11. The van der Waals surface area contributed by atoms with Crippen molar-refractivity contribution in [1.29, 1.82) is 0 Å². The van der Waals surface area contributed by atoms with E-state index in [1.165, 1.54) is 6.92 Å². The molecular weight excluding hydrogens is 306 g/mol. The number of fused-ring (bicyclic) bond motifs is 3. The summed E-state index contributed by atoms with van der Waals surface area (Å²) in [6, 6.07) is 7.88. The minimum absolute atomic E-state index is 0.241. The first-order chi connectivity index (χ1) is 11.5. The van der Waals surface area contributed by atoms with Crippen molar-refractivity contribution in [1.82, 2.24) is 25.4 Å². The molecule has 124 valence electrons. The van der Waals surface area contributed by atoms with Crippen LogP contribution in [0.15, 0.2) is 24.3 Å². The lowest BCUT2D eigenvalue weighted by Crippen LogP contribution is -2.40. The van der Waals surface area contributed by atoms with Crippen LogP contribution < -0.4 is 10.9 Å². The van der Waals surface area contributed by atoms with Gasteiger partial charge in [-0.2, -0.15) is 5.10 Å². The van der Waals surface area contributed by atoms with Crippen molar-refractivity contribution in [3.05, 3.63) is 41.2 Å². The van der Waals surface area contributed by atoms with E-state index in [4.69, 9.17) is 0 Å². The minimum Gasteiger partial charge on any atom is -0.274 e. The van der Waals surface area contributed by atoms with Gasteiger partial charge in [-0.25, -0.2) is 9.50 Å². The van der Waals surface area contributed by atoms with E-state index >= 15 is 0 Å². The SMILES string of the molecule is CC(=O)NNC(=O)CCc1c(C)nc2c3ccccc3nn2c1C. The molecule has 7 heteroatoms. The Morgan fingerprint density at radius 3 is 2.67 bits per heavy atom. The molecule has 7 nitrogen and oxygen atoms in total. The maximum absolute atomic E-state index is 11.8. The van der Waals surface area contributed by atoms with Gasteiger partial charge < -0.3 is 0 Å². The molecule has 0 spiro atoms. The van der Waals surface area contributed by atoms with Crippen LogP contribution in [0.25, 0.3) is 16.6 Å². The minimum atomic E-state index is -0.304. The summed E-state index contributed by atoms with van der Waals surface area (Å²) in [5.41, 5.74) is 9.23. The number of nitrogens with zero attached hydrogens (tertiary/aromatic N) is 3. The third-order valence-electron chi connectivity index (χ3n) is 4.00. The van der Waals surface area contributed by atoms with E-state index in [0.717, 1.165) is 33.5 Å². The second-order valence-corrected chi connectivity index (χ2v) is 5.74. The predicted octanol–water partition coefficient (Wildman–Crippen LogP) is 1.60. The molecule has 0 aliphatic rings. The van der Waals surface area contributed by atoms with Gasteiger partial charge in [0.25, 0.3) is 0 Å². The Bertz CT molecular complexity index is 945. The number of hydrazine groups is 1. The van der Waals surface area contributed by atoms with E-state index in [0.29, 0.717) is 6.42 Å². The number of rotatable bonds is 3. The van der Waals surface area contributed by atoms with Gasteiger partial charge in [0.1, 0.15) is 0 Å². The van der Waals surface area contributed by atoms with Crippen molar-refractivity contribution >= 4 is 28.4 Å². The second-order valence-electron chi connectivity index (χ2n) is 5.74. The quantitative estimate of drug-likeness (QED) is 0.716. The molecule has 3 rings (SSSR count). The van der Waals surface area contributed by atoms with Crippen molar-refractivity contribution in [2.45, 2.75) is 33.6 Å². The zero-order valence-electron chi connectivity index (χ0n) is 13.9. The molecule has 3 aromatic rings. The zero-order valence-corrected chi connectivity index (χ0v) is 13.9. The highest BCUT2D eigenvalue weighted by Gasteiger charge is 2.14. The predicted molar refractivity (Wildman–Crippen MR) is 90.2 cm³/mol. The Balaban J connectivity index is 1.90. The zero-order chi connectivity index (χ0) is 17.3. The topological polar surface area (TPSA) is 88.4 Å². The van der Waals surface area contributed by atoms with Crippen LogP contribution in [0, 0.1) is 13.8 Å². The van der Waals surface area contributed by atoms with E-state index in [1.54, 1.807) is 0 Å². The number of carbonyl (C=O) groups is 2. The summed E-state index contributed by atoms with van der Waals surface area (Å²) in [5, 5.41) is 5.61. The van der Waals surface area contributed by atoms with Crippen LogP contribution in [-0.2, 0) is 16.0 Å². The molecule has 0 unspecified atom stereocenters. The van der Waals surface area contributed by atoms with Crippen molar-refractivity contribution < 1.29 is 9.59 Å². The summed E-state index contributed by atoms with van der Waals surface area (Å²) in [4.78, 5) is 27.3. The largest absolute Gasteiger partial charge is 0.274 e. The van der Waals surface area contributed by atoms with Gasteiger partial charge in [-0.3, -0.25) is 20.4 Å². The summed E-state index contributed by atoms with van der Waals surface area (Å²) in [6.45, 7) is 5.26. The number of hydrogen-bond acceptors (Lipinski definition) is 4. The Kier molecular flexibility index (Phi) is 4.16. The lowest BCUT2D eigenvalue weighted by atomic mass is 10.1. The molecule has 2 heterocycles. The van der Waals surface area contributed by atoms with E-state index in [1.807, 2.05) is 42.6 Å². The molecular formula is C17H19N5O2. The summed E-state index contributed by atoms with van der Waals surface area (Å²) in [5.74, 6) is -0.545. The number of nitrogens with one attached hydrogen (secondary N) is 2. The monoisotopic (exact) mass is 325 g/mol. The number of amides is 2. The lowest BCUT2D eigenvalue weighted by molar-refractivity contribution is -0.127. The molecule has 0 aliphatic heterocycles. The van der Waals surface area contributed by atoms with Gasteiger partial charge in [-0.05, 0) is 38.0 Å². The van der Waals surface area contributed by atoms with Crippen LogP contribution in [0.4, 0.5) is 0 Å². The average Bonchev–Trinajstić information content (AvgIpc) is 2.91. The van der Waals surface area contributed by atoms with Crippen LogP contribution >= 0.6 is 0 Å². The van der Waals surface area contributed by atoms with Crippen molar-refractivity contribution in [3.8, 4) is 0 Å². The van der Waals surface area contributed by atoms with Crippen LogP contribution in [0.5, 0.6) is 0 Å². The number of carbonyl (C=O) groups excluding carboxylic acids is 2. The summed E-state index contributed by atoms with van der Waals surface area (Å²) in [6.07, 6.45) is 0.790. The van der Waals surface area contributed by atoms with Gasteiger partial charge in [0.2, 0.25) is 11.8 Å². The molecule has 0 atom stereocenters. The van der Waals surface area contributed by atoms with Gasteiger partial charge in [0.05, 0.1) is 5.52 Å². The Morgan fingerprint density at radius 2 is 1.92 bits per heavy atom. The van der Waals surface area contributed by atoms with Gasteiger partial charge in [-0.1, -0.05) is 12.1 Å².